The first-order chi connectivity index (χ1) is 15.5. The predicted molar refractivity (Wildman–Crippen MR) is 126 cm³/mol. The molecule has 2 aliphatic heterocycles. The van der Waals surface area contributed by atoms with Crippen molar-refractivity contribution in [3.05, 3.63) is 70.9 Å². The summed E-state index contributed by atoms with van der Waals surface area (Å²) in [6.45, 7) is 7.29. The molecule has 0 saturated carbocycles. The molecule has 2 aromatic carbocycles. The Morgan fingerprint density at radius 3 is 2.53 bits per heavy atom. The lowest BCUT2D eigenvalue weighted by Gasteiger charge is -2.47. The van der Waals surface area contributed by atoms with Crippen molar-refractivity contribution < 1.29 is 9.59 Å². The third-order valence-electron chi connectivity index (χ3n) is 7.04. The second-order valence-corrected chi connectivity index (χ2v) is 9.42. The lowest BCUT2D eigenvalue weighted by Crippen LogP contribution is -2.63. The van der Waals surface area contributed by atoms with Crippen molar-refractivity contribution in [1.29, 1.82) is 0 Å². The van der Waals surface area contributed by atoms with Gasteiger partial charge in [0.2, 0.25) is 11.8 Å². The van der Waals surface area contributed by atoms with Crippen LogP contribution < -0.4 is 0 Å². The number of para-hydroxylation sites is 1. The maximum atomic E-state index is 13.5. The number of hydrogen-bond acceptors (Lipinski definition) is 2. The Morgan fingerprint density at radius 1 is 1.06 bits per heavy atom. The van der Waals surface area contributed by atoms with E-state index < -0.39 is 6.04 Å². The summed E-state index contributed by atoms with van der Waals surface area (Å²) in [6, 6.07) is 16.1. The van der Waals surface area contributed by atoms with Crippen LogP contribution in [0.1, 0.15) is 68.0 Å². The average molecular weight is 430 g/mol. The van der Waals surface area contributed by atoms with Crippen LogP contribution >= 0.6 is 0 Å². The molecule has 5 rings (SSSR count). The summed E-state index contributed by atoms with van der Waals surface area (Å²) in [5, 5.41) is 1.15. The molecule has 2 atom stereocenters. The monoisotopic (exact) mass is 429 g/mol. The van der Waals surface area contributed by atoms with Gasteiger partial charge in [-0.3, -0.25) is 9.59 Å². The van der Waals surface area contributed by atoms with Crippen LogP contribution in [-0.2, 0) is 16.0 Å². The number of nitrogens with zero attached hydrogens (tertiary/aromatic N) is 2. The number of carbonyl (C=O) groups is 2. The van der Waals surface area contributed by atoms with E-state index in [0.717, 1.165) is 35.0 Å². The fourth-order valence-corrected chi connectivity index (χ4v) is 5.27. The fourth-order valence-electron chi connectivity index (χ4n) is 5.27. The van der Waals surface area contributed by atoms with E-state index in [4.69, 9.17) is 0 Å². The van der Waals surface area contributed by atoms with Gasteiger partial charge in [0.25, 0.3) is 0 Å². The number of fused-ring (bicyclic) bond motifs is 4. The van der Waals surface area contributed by atoms with Gasteiger partial charge in [-0.15, -0.1) is 0 Å². The van der Waals surface area contributed by atoms with Crippen LogP contribution in [0.25, 0.3) is 10.9 Å². The van der Waals surface area contributed by atoms with Crippen LogP contribution in [0.4, 0.5) is 0 Å². The maximum Gasteiger partial charge on any atom is 0.246 e. The van der Waals surface area contributed by atoms with Crippen LogP contribution in [0.3, 0.4) is 0 Å². The molecular weight excluding hydrogens is 398 g/mol. The Bertz CT molecular complexity index is 1160. The Labute approximate surface area is 189 Å². The number of aromatic nitrogens is 1. The van der Waals surface area contributed by atoms with Gasteiger partial charge in [0.1, 0.15) is 6.04 Å². The quantitative estimate of drug-likeness (QED) is 0.635. The normalized spacial score (nSPS) is 20.8. The molecule has 2 amide bonds. The molecule has 0 unspecified atom stereocenters. The number of nitrogens with one attached hydrogen (secondary N) is 1. The standard InChI is InChI=1S/C27H31N3O2/c1-4-5-14-29-16-24(31)30-23(27(29)32)15-21-20-8-6-7-9-22(20)28-25(21)26(30)19-12-10-18(11-13-19)17(2)3/h6-13,17,23,26,28H,4-5,14-16H2,1-3H3/t23-,26+/m0/s1. The molecule has 3 aromatic rings. The highest BCUT2D eigenvalue weighted by molar-refractivity contribution is 5.97. The Hall–Kier alpha value is -3.08. The Kier molecular flexibility index (Phi) is 5.28. The molecule has 1 fully saturated rings. The van der Waals surface area contributed by atoms with Crippen molar-refractivity contribution in [2.45, 2.75) is 58.0 Å². The van der Waals surface area contributed by atoms with E-state index in [1.165, 1.54) is 11.1 Å². The summed E-state index contributed by atoms with van der Waals surface area (Å²) in [6.07, 6.45) is 2.49. The molecule has 2 aliphatic rings. The molecule has 0 aliphatic carbocycles. The molecule has 1 saturated heterocycles. The molecule has 5 nitrogen and oxygen atoms in total. The van der Waals surface area contributed by atoms with Gasteiger partial charge < -0.3 is 14.8 Å². The number of amides is 2. The summed E-state index contributed by atoms with van der Waals surface area (Å²) in [4.78, 5) is 34.2. The van der Waals surface area contributed by atoms with E-state index in [1.54, 1.807) is 4.90 Å². The SMILES string of the molecule is CCCCN1CC(=O)N2[C@H](c3ccc(C(C)C)cc3)c3[nH]c4ccccc4c3C[C@H]2C1=O. The zero-order valence-corrected chi connectivity index (χ0v) is 19.1. The number of benzene rings is 2. The lowest BCUT2D eigenvalue weighted by atomic mass is 9.85. The van der Waals surface area contributed by atoms with Crippen molar-refractivity contribution in [3.63, 3.8) is 0 Å². The third-order valence-corrected chi connectivity index (χ3v) is 7.04. The van der Waals surface area contributed by atoms with Crippen LogP contribution in [0.2, 0.25) is 0 Å². The van der Waals surface area contributed by atoms with Crippen LogP contribution in [-0.4, -0.2) is 45.7 Å². The highest BCUT2D eigenvalue weighted by atomic mass is 16.2. The molecule has 0 spiro atoms. The van der Waals surface area contributed by atoms with E-state index in [1.807, 2.05) is 17.0 Å². The first-order valence-corrected chi connectivity index (χ1v) is 11.8. The number of H-pyrrole nitrogens is 1. The fraction of sp³-hybridized carbons (Fsp3) is 0.407. The van der Waals surface area contributed by atoms with Gasteiger partial charge in [-0.2, -0.15) is 0 Å². The summed E-state index contributed by atoms with van der Waals surface area (Å²) in [5.74, 6) is 0.558. The lowest BCUT2D eigenvalue weighted by molar-refractivity contribution is -0.158. The molecule has 3 heterocycles. The van der Waals surface area contributed by atoms with Crippen LogP contribution in [0, 0.1) is 0 Å². The van der Waals surface area contributed by atoms with Crippen LogP contribution in [0.15, 0.2) is 48.5 Å². The number of carbonyl (C=O) groups excluding carboxylic acids is 2. The minimum absolute atomic E-state index is 0.0351. The Morgan fingerprint density at radius 2 is 1.81 bits per heavy atom. The van der Waals surface area contributed by atoms with E-state index in [0.29, 0.717) is 18.9 Å². The largest absolute Gasteiger partial charge is 0.356 e. The molecule has 166 valence electrons. The smallest absolute Gasteiger partial charge is 0.246 e. The highest BCUT2D eigenvalue weighted by Gasteiger charge is 2.47. The van der Waals surface area contributed by atoms with Gasteiger partial charge in [-0.1, -0.05) is 69.7 Å². The van der Waals surface area contributed by atoms with Crippen LogP contribution in [0.5, 0.6) is 0 Å². The predicted octanol–water partition coefficient (Wildman–Crippen LogP) is 4.78. The van der Waals surface area contributed by atoms with Gasteiger partial charge in [0.05, 0.1) is 12.6 Å². The second kappa shape index (κ2) is 8.12. The van der Waals surface area contributed by atoms with Gasteiger partial charge in [-0.05, 0) is 35.1 Å². The minimum atomic E-state index is -0.449. The number of aromatic amines is 1. The van der Waals surface area contributed by atoms with Gasteiger partial charge >= 0.3 is 0 Å². The van der Waals surface area contributed by atoms with Gasteiger partial charge in [0.15, 0.2) is 0 Å². The minimum Gasteiger partial charge on any atom is -0.356 e. The van der Waals surface area contributed by atoms with Crippen molar-refractivity contribution in [2.75, 3.05) is 13.1 Å². The third kappa shape index (κ3) is 3.31. The maximum absolute atomic E-state index is 13.5. The van der Waals surface area contributed by atoms with Gasteiger partial charge in [-0.25, -0.2) is 0 Å². The van der Waals surface area contributed by atoms with Crippen molar-refractivity contribution in [2.24, 2.45) is 0 Å². The molecule has 0 bridgehead atoms. The number of hydrogen-bond donors (Lipinski definition) is 1. The molecule has 1 aromatic heterocycles. The highest BCUT2D eigenvalue weighted by Crippen LogP contribution is 2.42. The zero-order valence-electron chi connectivity index (χ0n) is 19.1. The van der Waals surface area contributed by atoms with E-state index in [9.17, 15) is 9.59 Å². The molecule has 0 radical (unpaired) electrons. The van der Waals surface area contributed by atoms with Crippen molar-refractivity contribution in [1.82, 2.24) is 14.8 Å². The average Bonchev–Trinajstić information content (AvgIpc) is 3.17. The van der Waals surface area contributed by atoms with Crippen molar-refractivity contribution >= 4 is 22.7 Å². The summed E-state index contributed by atoms with van der Waals surface area (Å²) in [5.41, 5.74) is 5.59. The first-order valence-electron chi connectivity index (χ1n) is 11.8. The van der Waals surface area contributed by atoms with E-state index in [-0.39, 0.29) is 24.4 Å². The summed E-state index contributed by atoms with van der Waals surface area (Å²) < 4.78 is 0. The number of rotatable bonds is 5. The molecule has 5 heteroatoms. The van der Waals surface area contributed by atoms with Gasteiger partial charge in [0, 0.05) is 29.6 Å². The molecule has 32 heavy (non-hydrogen) atoms. The first kappa shape index (κ1) is 20.8. The summed E-state index contributed by atoms with van der Waals surface area (Å²) >= 11 is 0. The summed E-state index contributed by atoms with van der Waals surface area (Å²) in [7, 11) is 0. The number of piperazine rings is 1. The van der Waals surface area contributed by atoms with Crippen molar-refractivity contribution in [3.8, 4) is 0 Å². The van der Waals surface area contributed by atoms with E-state index in [2.05, 4.69) is 62.2 Å². The zero-order chi connectivity index (χ0) is 22.4. The Balaban J connectivity index is 1.64. The van der Waals surface area contributed by atoms with E-state index >= 15 is 0 Å². The second-order valence-electron chi connectivity index (χ2n) is 9.42. The molecular formula is C27H31N3O2. The number of unbranched alkanes of at least 4 members (excludes halogenated alkanes) is 1. The topological polar surface area (TPSA) is 56.4 Å². The molecule has 1 N–H and O–H groups in total.